The molecule has 0 spiro atoms. The van der Waals surface area contributed by atoms with Crippen LogP contribution in [0, 0.1) is 29.6 Å². The fourth-order valence-electron chi connectivity index (χ4n) is 2.86. The van der Waals surface area contributed by atoms with E-state index in [-0.39, 0.29) is 22.5 Å². The van der Waals surface area contributed by atoms with Gasteiger partial charge in [-0.25, -0.2) is 0 Å². The van der Waals surface area contributed by atoms with E-state index in [1.165, 1.54) is 0 Å². The second kappa shape index (κ2) is 7.47. The van der Waals surface area contributed by atoms with E-state index >= 15 is 0 Å². The van der Waals surface area contributed by atoms with Gasteiger partial charge in [-0.2, -0.15) is 10.5 Å². The molecule has 1 heterocycles. The van der Waals surface area contributed by atoms with Crippen LogP contribution in [-0.4, -0.2) is 4.98 Å². The van der Waals surface area contributed by atoms with Gasteiger partial charge in [0.1, 0.15) is 41.4 Å². The molecule has 2 aromatic carbocycles. The van der Waals surface area contributed by atoms with E-state index in [0.29, 0.717) is 17.9 Å². The van der Waals surface area contributed by atoms with Crippen molar-refractivity contribution in [3.63, 3.8) is 0 Å². The highest BCUT2D eigenvalue weighted by Crippen LogP contribution is 2.32. The minimum Gasteiger partial charge on any atom is -0.489 e. The second-order valence-corrected chi connectivity index (χ2v) is 5.97. The molecule has 0 unspecified atom stereocenters. The summed E-state index contributed by atoms with van der Waals surface area (Å²) < 4.78 is 5.80. The van der Waals surface area contributed by atoms with Crippen LogP contribution in [0.2, 0.25) is 0 Å². The number of aryl methyl sites for hydroxylation is 1. The number of aromatic nitrogens is 1. The third kappa shape index (κ3) is 3.51. The number of nitrogens with one attached hydrogen (secondary N) is 1. The molecule has 132 valence electrons. The number of rotatable bonds is 4. The number of hydrogen-bond donors (Lipinski definition) is 2. The molecule has 6 heteroatoms. The van der Waals surface area contributed by atoms with Crippen LogP contribution in [0.25, 0.3) is 11.1 Å². The monoisotopic (exact) mass is 356 g/mol. The van der Waals surface area contributed by atoms with Gasteiger partial charge < -0.3 is 15.5 Å². The van der Waals surface area contributed by atoms with E-state index in [1.807, 2.05) is 49.4 Å². The van der Waals surface area contributed by atoms with Crippen molar-refractivity contribution in [1.29, 1.82) is 10.5 Å². The minimum absolute atomic E-state index is 0.0553. The van der Waals surface area contributed by atoms with Crippen molar-refractivity contribution < 1.29 is 4.74 Å². The number of nitriles is 2. The zero-order valence-corrected chi connectivity index (χ0v) is 14.6. The summed E-state index contributed by atoms with van der Waals surface area (Å²) in [6.07, 6.45) is 0. The quantitative estimate of drug-likeness (QED) is 0.744. The molecule has 6 nitrogen and oxygen atoms in total. The highest BCUT2D eigenvalue weighted by Gasteiger charge is 2.19. The predicted octanol–water partition coefficient (Wildman–Crippen LogP) is 3.25. The highest BCUT2D eigenvalue weighted by atomic mass is 16.5. The Morgan fingerprint density at radius 2 is 1.78 bits per heavy atom. The van der Waals surface area contributed by atoms with Crippen LogP contribution in [0.5, 0.6) is 5.75 Å². The Balaban J connectivity index is 2.01. The first-order valence-corrected chi connectivity index (χ1v) is 8.19. The number of benzene rings is 2. The zero-order chi connectivity index (χ0) is 19.4. The van der Waals surface area contributed by atoms with Gasteiger partial charge in [-0.15, -0.1) is 0 Å². The highest BCUT2D eigenvalue weighted by molar-refractivity contribution is 5.82. The summed E-state index contributed by atoms with van der Waals surface area (Å²) in [5.74, 6) is 0.593. The van der Waals surface area contributed by atoms with Crippen LogP contribution < -0.4 is 16.0 Å². The molecule has 0 aliphatic rings. The molecule has 0 atom stereocenters. The average Bonchev–Trinajstić information content (AvgIpc) is 2.67. The minimum atomic E-state index is -0.618. The van der Waals surface area contributed by atoms with Gasteiger partial charge in [0.15, 0.2) is 0 Å². The van der Waals surface area contributed by atoms with E-state index in [9.17, 15) is 15.3 Å². The summed E-state index contributed by atoms with van der Waals surface area (Å²) in [6, 6.07) is 18.9. The van der Waals surface area contributed by atoms with E-state index in [1.54, 1.807) is 18.2 Å². The number of ether oxygens (including phenoxy) is 1. The molecule has 27 heavy (non-hydrogen) atoms. The lowest BCUT2D eigenvalue weighted by atomic mass is 9.93. The molecule has 0 bridgehead atoms. The first-order valence-electron chi connectivity index (χ1n) is 8.19. The van der Waals surface area contributed by atoms with Gasteiger partial charge in [-0.1, -0.05) is 36.4 Å². The van der Waals surface area contributed by atoms with Crippen LogP contribution in [0.4, 0.5) is 5.82 Å². The van der Waals surface area contributed by atoms with Crippen molar-refractivity contribution in [2.24, 2.45) is 0 Å². The number of nitrogens with zero attached hydrogens (tertiary/aromatic N) is 2. The Hall–Kier alpha value is -4.03. The lowest BCUT2D eigenvalue weighted by molar-refractivity contribution is 0.306. The van der Waals surface area contributed by atoms with Gasteiger partial charge in [-0.05, 0) is 35.7 Å². The Labute approximate surface area is 156 Å². The largest absolute Gasteiger partial charge is 0.489 e. The molecule has 0 aliphatic heterocycles. The van der Waals surface area contributed by atoms with Crippen molar-refractivity contribution in [2.45, 2.75) is 13.5 Å². The van der Waals surface area contributed by atoms with Crippen molar-refractivity contribution in [2.75, 3.05) is 5.73 Å². The maximum atomic E-state index is 12.1. The number of H-pyrrole nitrogens is 1. The standard InChI is InChI=1S/C21H16N4O2/c1-13-9-15(27-12-14-5-3-2-4-6-14)7-8-16(13)19-17(10-22)20(24)25-21(26)18(19)11-23/h2-9H,12H2,1H3,(H3,24,25,26). The maximum absolute atomic E-state index is 12.1. The van der Waals surface area contributed by atoms with Gasteiger partial charge in [0, 0.05) is 5.56 Å². The van der Waals surface area contributed by atoms with Crippen LogP contribution >= 0.6 is 0 Å². The Morgan fingerprint density at radius 3 is 2.41 bits per heavy atom. The molecule has 3 aromatic rings. The zero-order valence-electron chi connectivity index (χ0n) is 14.6. The fraction of sp³-hybridized carbons (Fsp3) is 0.0952. The van der Waals surface area contributed by atoms with E-state index in [2.05, 4.69) is 4.98 Å². The number of hydrogen-bond acceptors (Lipinski definition) is 5. The Bertz CT molecular complexity index is 1140. The molecular weight excluding hydrogens is 340 g/mol. The second-order valence-electron chi connectivity index (χ2n) is 5.97. The Morgan fingerprint density at radius 1 is 1.07 bits per heavy atom. The van der Waals surface area contributed by atoms with E-state index in [4.69, 9.17) is 10.5 Å². The van der Waals surface area contributed by atoms with Crippen molar-refractivity contribution in [3.05, 3.63) is 81.1 Å². The van der Waals surface area contributed by atoms with Gasteiger partial charge in [0.05, 0.1) is 0 Å². The van der Waals surface area contributed by atoms with Gasteiger partial charge in [0.25, 0.3) is 5.56 Å². The summed E-state index contributed by atoms with van der Waals surface area (Å²) in [5.41, 5.74) is 7.73. The molecule has 3 N–H and O–H groups in total. The maximum Gasteiger partial charge on any atom is 0.268 e. The smallest absolute Gasteiger partial charge is 0.268 e. The lowest BCUT2D eigenvalue weighted by Gasteiger charge is -2.13. The summed E-state index contributed by atoms with van der Waals surface area (Å²) in [4.78, 5) is 14.4. The van der Waals surface area contributed by atoms with Crippen molar-refractivity contribution >= 4 is 5.82 Å². The van der Waals surface area contributed by atoms with Crippen molar-refractivity contribution in [3.8, 4) is 29.0 Å². The molecule has 0 amide bonds. The summed E-state index contributed by atoms with van der Waals surface area (Å²) in [7, 11) is 0. The SMILES string of the molecule is Cc1cc(OCc2ccccc2)ccc1-c1c(C#N)c(N)[nH]c(=O)c1C#N. The van der Waals surface area contributed by atoms with Crippen molar-refractivity contribution in [1.82, 2.24) is 4.98 Å². The molecule has 0 saturated heterocycles. The fourth-order valence-corrected chi connectivity index (χ4v) is 2.86. The number of nitrogen functional groups attached to an aromatic ring is 1. The molecule has 0 aliphatic carbocycles. The van der Waals surface area contributed by atoms with E-state index in [0.717, 1.165) is 11.1 Å². The Kier molecular flexibility index (Phi) is 4.92. The first kappa shape index (κ1) is 17.8. The van der Waals surface area contributed by atoms with Crippen LogP contribution in [0.1, 0.15) is 22.3 Å². The van der Waals surface area contributed by atoms with Gasteiger partial charge in [0.2, 0.25) is 0 Å². The van der Waals surface area contributed by atoms with Gasteiger partial charge in [-0.3, -0.25) is 4.79 Å². The molecule has 0 fully saturated rings. The third-order valence-electron chi connectivity index (χ3n) is 4.18. The summed E-state index contributed by atoms with van der Waals surface area (Å²) >= 11 is 0. The number of pyridine rings is 1. The number of nitrogens with two attached hydrogens (primary N) is 1. The molecular formula is C21H16N4O2. The molecule has 0 saturated carbocycles. The molecule has 0 radical (unpaired) electrons. The average molecular weight is 356 g/mol. The van der Waals surface area contributed by atoms with Gasteiger partial charge >= 0.3 is 0 Å². The summed E-state index contributed by atoms with van der Waals surface area (Å²) in [6.45, 7) is 2.24. The van der Waals surface area contributed by atoms with Crippen LogP contribution in [0.3, 0.4) is 0 Å². The molecule has 1 aromatic heterocycles. The third-order valence-corrected chi connectivity index (χ3v) is 4.18. The molecule has 3 rings (SSSR count). The topological polar surface area (TPSA) is 116 Å². The van der Waals surface area contributed by atoms with Crippen LogP contribution in [0.15, 0.2) is 53.3 Å². The first-order chi connectivity index (χ1) is 13.0. The summed E-state index contributed by atoms with van der Waals surface area (Å²) in [5, 5.41) is 18.8. The number of anilines is 1. The predicted molar refractivity (Wildman–Crippen MR) is 102 cm³/mol. The number of aromatic amines is 1. The normalized spacial score (nSPS) is 10.0. The van der Waals surface area contributed by atoms with Crippen LogP contribution in [-0.2, 0) is 6.61 Å². The lowest BCUT2D eigenvalue weighted by Crippen LogP contribution is -2.16. The van der Waals surface area contributed by atoms with E-state index < -0.39 is 5.56 Å².